The molecule has 2 N–H and O–H groups in total. The van der Waals surface area contributed by atoms with E-state index in [1.54, 1.807) is 12.2 Å². The van der Waals surface area contributed by atoms with Crippen LogP contribution in [0.3, 0.4) is 0 Å². The number of aromatic nitrogens is 1. The topological polar surface area (TPSA) is 54.0 Å². The summed E-state index contributed by atoms with van der Waals surface area (Å²) in [4.78, 5) is 15.2. The zero-order valence-electron chi connectivity index (χ0n) is 10.4. The molecule has 1 heterocycles. The summed E-state index contributed by atoms with van der Waals surface area (Å²) in [6.07, 6.45) is -3.07. The molecule has 0 atom stereocenters. The summed E-state index contributed by atoms with van der Waals surface area (Å²) in [6, 6.07) is 0.779. The van der Waals surface area contributed by atoms with Crippen molar-refractivity contribution < 1.29 is 26.7 Å². The van der Waals surface area contributed by atoms with Crippen molar-refractivity contribution in [3.8, 4) is 0 Å². The zero-order valence-corrected chi connectivity index (χ0v) is 10.4. The van der Waals surface area contributed by atoms with Gasteiger partial charge in [-0.25, -0.2) is 18.2 Å². The van der Waals surface area contributed by atoms with Gasteiger partial charge in [0, 0.05) is 6.54 Å². The lowest BCUT2D eigenvalue weighted by atomic mass is 10.2. The zero-order chi connectivity index (χ0) is 15.3. The summed E-state index contributed by atoms with van der Waals surface area (Å²) in [5.74, 6) is -6.34. The molecule has 20 heavy (non-hydrogen) atoms. The number of nitrogens with zero attached hydrogens (tertiary/aromatic N) is 1. The molecule has 112 valence electrons. The quantitative estimate of drug-likeness (QED) is 0.792. The van der Waals surface area contributed by atoms with Crippen LogP contribution in [0.15, 0.2) is 12.3 Å². The molecular formula is C11H12F5N3O. The molecular weight excluding hydrogens is 285 g/mol. The number of nitrogens with one attached hydrogen (secondary N) is 2. The third kappa shape index (κ3) is 4.04. The van der Waals surface area contributed by atoms with Crippen molar-refractivity contribution in [3.05, 3.63) is 23.6 Å². The molecule has 0 saturated heterocycles. The highest BCUT2D eigenvalue weighted by atomic mass is 19.3. The fourth-order valence-electron chi connectivity index (χ4n) is 1.29. The Balaban J connectivity index is 2.84. The first-order chi connectivity index (χ1) is 9.27. The van der Waals surface area contributed by atoms with E-state index < -0.39 is 30.6 Å². The van der Waals surface area contributed by atoms with Crippen LogP contribution in [-0.4, -0.2) is 36.3 Å². The minimum atomic E-state index is -4.35. The van der Waals surface area contributed by atoms with E-state index in [2.05, 4.69) is 10.3 Å². The van der Waals surface area contributed by atoms with Crippen molar-refractivity contribution >= 4 is 11.7 Å². The van der Waals surface area contributed by atoms with Gasteiger partial charge in [-0.05, 0) is 13.0 Å². The fraction of sp³-hybridized carbons (Fsp3) is 0.455. The first kappa shape index (κ1) is 16.1. The first-order valence-corrected chi connectivity index (χ1v) is 5.61. The number of alkyl halides is 4. The Hall–Kier alpha value is -1.93. The third-order valence-corrected chi connectivity index (χ3v) is 2.25. The summed E-state index contributed by atoms with van der Waals surface area (Å²) in [6.45, 7) is 0.482. The van der Waals surface area contributed by atoms with Gasteiger partial charge in [-0.3, -0.25) is 4.79 Å². The van der Waals surface area contributed by atoms with E-state index in [1.165, 1.54) is 0 Å². The average Bonchev–Trinajstić information content (AvgIpc) is 2.38. The standard InChI is InChI=1S/C11H12F5N3O/c1-2-17-8-7(3-6(12)4-18-8)9(20)19-5-11(15,16)10(13)14/h3-4,10H,2,5H2,1H3,(H,17,18)(H,19,20). The van der Waals surface area contributed by atoms with Gasteiger partial charge in [-0.1, -0.05) is 0 Å². The number of hydrogen-bond donors (Lipinski definition) is 2. The van der Waals surface area contributed by atoms with E-state index in [9.17, 15) is 26.7 Å². The van der Waals surface area contributed by atoms with Gasteiger partial charge in [0.05, 0.1) is 18.3 Å². The van der Waals surface area contributed by atoms with E-state index in [0.29, 0.717) is 6.54 Å². The average molecular weight is 297 g/mol. The molecule has 9 heteroatoms. The molecule has 1 aromatic rings. The van der Waals surface area contributed by atoms with Crippen LogP contribution < -0.4 is 10.6 Å². The van der Waals surface area contributed by atoms with Gasteiger partial charge in [0.15, 0.2) is 0 Å². The molecule has 1 amide bonds. The minimum absolute atomic E-state index is 0.0215. The number of anilines is 1. The fourth-order valence-corrected chi connectivity index (χ4v) is 1.29. The Bertz CT molecular complexity index is 481. The normalized spacial score (nSPS) is 11.6. The molecule has 0 spiro atoms. The second-order valence-corrected chi connectivity index (χ2v) is 3.82. The molecule has 0 unspecified atom stereocenters. The van der Waals surface area contributed by atoms with Crippen molar-refractivity contribution in [1.29, 1.82) is 0 Å². The second-order valence-electron chi connectivity index (χ2n) is 3.82. The SMILES string of the molecule is CCNc1ncc(F)cc1C(=O)NCC(F)(F)C(F)F. The largest absolute Gasteiger partial charge is 0.370 e. The maximum Gasteiger partial charge on any atom is 0.324 e. The van der Waals surface area contributed by atoms with Gasteiger partial charge in [0.25, 0.3) is 5.91 Å². The van der Waals surface area contributed by atoms with Gasteiger partial charge >= 0.3 is 12.3 Å². The van der Waals surface area contributed by atoms with Crippen LogP contribution >= 0.6 is 0 Å². The molecule has 1 aromatic heterocycles. The molecule has 0 radical (unpaired) electrons. The minimum Gasteiger partial charge on any atom is -0.370 e. The Morgan fingerprint density at radius 3 is 2.65 bits per heavy atom. The molecule has 1 rings (SSSR count). The lowest BCUT2D eigenvalue weighted by molar-refractivity contribution is -0.123. The van der Waals surface area contributed by atoms with E-state index in [-0.39, 0.29) is 11.4 Å². The molecule has 0 bridgehead atoms. The number of hydrogen-bond acceptors (Lipinski definition) is 3. The molecule has 0 aliphatic carbocycles. The van der Waals surface area contributed by atoms with Crippen LogP contribution in [-0.2, 0) is 0 Å². The predicted octanol–water partition coefficient (Wildman–Crippen LogP) is 2.28. The summed E-state index contributed by atoms with van der Waals surface area (Å²) in [5.41, 5.74) is -0.336. The van der Waals surface area contributed by atoms with Crippen molar-refractivity contribution in [2.75, 3.05) is 18.4 Å². The predicted molar refractivity (Wildman–Crippen MR) is 61.6 cm³/mol. The molecule has 0 aromatic carbocycles. The number of rotatable bonds is 6. The summed E-state index contributed by atoms with van der Waals surface area (Å²) in [7, 11) is 0. The maximum atomic E-state index is 13.0. The van der Waals surface area contributed by atoms with E-state index in [1.807, 2.05) is 0 Å². The summed E-state index contributed by atoms with van der Waals surface area (Å²) in [5, 5.41) is 4.26. The Labute approximate surface area is 111 Å². The lowest BCUT2D eigenvalue weighted by Gasteiger charge is -2.16. The smallest absolute Gasteiger partial charge is 0.324 e. The van der Waals surface area contributed by atoms with E-state index in [4.69, 9.17) is 0 Å². The summed E-state index contributed by atoms with van der Waals surface area (Å²) >= 11 is 0. The van der Waals surface area contributed by atoms with Crippen LogP contribution in [0.2, 0.25) is 0 Å². The Kier molecular flexibility index (Phi) is 5.23. The third-order valence-electron chi connectivity index (χ3n) is 2.25. The lowest BCUT2D eigenvalue weighted by Crippen LogP contribution is -2.41. The van der Waals surface area contributed by atoms with Crippen LogP contribution in [0, 0.1) is 5.82 Å². The van der Waals surface area contributed by atoms with Gasteiger partial charge in [-0.2, -0.15) is 8.78 Å². The number of amides is 1. The van der Waals surface area contributed by atoms with Crippen molar-refractivity contribution in [1.82, 2.24) is 10.3 Å². The Morgan fingerprint density at radius 2 is 2.10 bits per heavy atom. The number of carbonyl (C=O) groups is 1. The molecule has 4 nitrogen and oxygen atoms in total. The monoisotopic (exact) mass is 297 g/mol. The van der Waals surface area contributed by atoms with Crippen molar-refractivity contribution in [2.24, 2.45) is 0 Å². The van der Waals surface area contributed by atoms with Crippen molar-refractivity contribution in [2.45, 2.75) is 19.3 Å². The highest BCUT2D eigenvalue weighted by Gasteiger charge is 2.41. The van der Waals surface area contributed by atoms with Gasteiger partial charge in [0.1, 0.15) is 11.6 Å². The van der Waals surface area contributed by atoms with Gasteiger partial charge < -0.3 is 10.6 Å². The molecule has 0 saturated carbocycles. The van der Waals surface area contributed by atoms with Crippen LogP contribution in [0.25, 0.3) is 0 Å². The highest BCUT2D eigenvalue weighted by molar-refractivity contribution is 5.98. The highest BCUT2D eigenvalue weighted by Crippen LogP contribution is 2.22. The van der Waals surface area contributed by atoms with E-state index in [0.717, 1.165) is 12.3 Å². The van der Waals surface area contributed by atoms with Crippen LogP contribution in [0.5, 0.6) is 0 Å². The van der Waals surface area contributed by atoms with Crippen molar-refractivity contribution in [3.63, 3.8) is 0 Å². The van der Waals surface area contributed by atoms with Gasteiger partial charge in [-0.15, -0.1) is 0 Å². The van der Waals surface area contributed by atoms with Crippen LogP contribution in [0.1, 0.15) is 17.3 Å². The number of halogens is 5. The summed E-state index contributed by atoms with van der Waals surface area (Å²) < 4.78 is 62.3. The maximum absolute atomic E-state index is 13.0. The molecule has 0 aliphatic heterocycles. The van der Waals surface area contributed by atoms with E-state index >= 15 is 0 Å². The molecule has 0 fully saturated rings. The molecule has 0 aliphatic rings. The first-order valence-electron chi connectivity index (χ1n) is 5.61. The number of carbonyl (C=O) groups excluding carboxylic acids is 1. The number of pyridine rings is 1. The van der Waals surface area contributed by atoms with Gasteiger partial charge in [0.2, 0.25) is 0 Å². The Morgan fingerprint density at radius 1 is 1.45 bits per heavy atom. The van der Waals surface area contributed by atoms with Crippen LogP contribution in [0.4, 0.5) is 27.8 Å². The second kappa shape index (κ2) is 6.49.